The van der Waals surface area contributed by atoms with Crippen molar-refractivity contribution in [3.63, 3.8) is 0 Å². The molecule has 2 aromatic heterocycles. The van der Waals surface area contributed by atoms with Gasteiger partial charge in [-0.3, -0.25) is 4.98 Å². The van der Waals surface area contributed by atoms with Gasteiger partial charge in [0.05, 0.1) is 25.8 Å². The van der Waals surface area contributed by atoms with Crippen molar-refractivity contribution in [2.24, 2.45) is 0 Å². The van der Waals surface area contributed by atoms with Gasteiger partial charge in [-0.15, -0.1) is 0 Å². The lowest BCUT2D eigenvalue weighted by Crippen LogP contribution is -2.09. The lowest BCUT2D eigenvalue weighted by atomic mass is 10.1. The Morgan fingerprint density at radius 1 is 0.926 bits per heavy atom. The normalized spacial score (nSPS) is 11.1. The second-order valence-electron chi connectivity index (χ2n) is 5.89. The molecule has 3 rings (SSSR count). The number of methoxy groups -OCH3 is 3. The van der Waals surface area contributed by atoms with Gasteiger partial charge in [0.15, 0.2) is 11.5 Å². The molecular formula is C19H24N4O4. The highest BCUT2D eigenvalue weighted by molar-refractivity contribution is 6.10. The topological polar surface area (TPSA) is 101 Å². The number of benzene rings is 1. The molecule has 8 heteroatoms. The van der Waals surface area contributed by atoms with Gasteiger partial charge in [-0.1, -0.05) is 0 Å². The van der Waals surface area contributed by atoms with Gasteiger partial charge in [0.1, 0.15) is 18.2 Å². The third-order valence-corrected chi connectivity index (χ3v) is 4.15. The quantitative estimate of drug-likeness (QED) is 0.436. The standard InChI is InChI=1S/C19H24N4O4/c1-24-5-4-21-18-9-12-13-8-16(26-3)17(27-7-6-25-2)10-15(13)22-11-14(12)19(20)23-18/h8-11H,4-7H2,1-3H3,(H3,20,21,23). The molecule has 8 nitrogen and oxygen atoms in total. The summed E-state index contributed by atoms with van der Waals surface area (Å²) < 4.78 is 21.3. The van der Waals surface area contributed by atoms with Crippen molar-refractivity contribution in [2.75, 3.05) is 58.7 Å². The second-order valence-corrected chi connectivity index (χ2v) is 5.89. The van der Waals surface area contributed by atoms with Gasteiger partial charge >= 0.3 is 0 Å². The molecule has 0 spiro atoms. The van der Waals surface area contributed by atoms with Gasteiger partial charge < -0.3 is 30.0 Å². The first-order valence-corrected chi connectivity index (χ1v) is 8.59. The van der Waals surface area contributed by atoms with Crippen LogP contribution >= 0.6 is 0 Å². The Kier molecular flexibility index (Phi) is 6.10. The number of hydrogen-bond donors (Lipinski definition) is 2. The summed E-state index contributed by atoms with van der Waals surface area (Å²) in [5.41, 5.74) is 6.92. The molecule has 0 bridgehead atoms. The van der Waals surface area contributed by atoms with Gasteiger partial charge in [0.2, 0.25) is 0 Å². The third-order valence-electron chi connectivity index (χ3n) is 4.15. The fraction of sp³-hybridized carbons (Fsp3) is 0.368. The maximum Gasteiger partial charge on any atom is 0.163 e. The SMILES string of the molecule is COCCNc1cc2c(cnc3cc(OCCOC)c(OC)cc32)c(N)n1. The lowest BCUT2D eigenvalue weighted by Gasteiger charge is -2.14. The molecule has 0 saturated heterocycles. The molecule has 2 heterocycles. The number of anilines is 2. The number of rotatable bonds is 9. The van der Waals surface area contributed by atoms with E-state index in [-0.39, 0.29) is 0 Å². The highest BCUT2D eigenvalue weighted by atomic mass is 16.5. The molecule has 0 aliphatic rings. The summed E-state index contributed by atoms with van der Waals surface area (Å²) in [4.78, 5) is 8.90. The monoisotopic (exact) mass is 372 g/mol. The van der Waals surface area contributed by atoms with Crippen LogP contribution < -0.4 is 20.5 Å². The van der Waals surface area contributed by atoms with Crippen molar-refractivity contribution in [3.8, 4) is 11.5 Å². The molecule has 3 aromatic rings. The van der Waals surface area contributed by atoms with Gasteiger partial charge in [0, 0.05) is 49.2 Å². The number of hydrogen-bond acceptors (Lipinski definition) is 8. The average molecular weight is 372 g/mol. The zero-order valence-electron chi connectivity index (χ0n) is 15.7. The maximum atomic E-state index is 6.14. The number of nitrogen functional groups attached to an aromatic ring is 1. The van der Waals surface area contributed by atoms with Gasteiger partial charge in [-0.05, 0) is 12.1 Å². The molecule has 27 heavy (non-hydrogen) atoms. The van der Waals surface area contributed by atoms with E-state index in [1.165, 1.54) is 0 Å². The molecule has 1 aromatic carbocycles. The van der Waals surface area contributed by atoms with Crippen molar-refractivity contribution in [1.29, 1.82) is 0 Å². The van der Waals surface area contributed by atoms with E-state index in [9.17, 15) is 0 Å². The van der Waals surface area contributed by atoms with Gasteiger partial charge in [-0.25, -0.2) is 4.98 Å². The number of nitrogens with zero attached hydrogens (tertiary/aromatic N) is 2. The molecule has 0 aliphatic heterocycles. The smallest absolute Gasteiger partial charge is 0.163 e. The van der Waals surface area contributed by atoms with E-state index < -0.39 is 0 Å². The van der Waals surface area contributed by atoms with E-state index in [0.717, 1.165) is 21.7 Å². The van der Waals surface area contributed by atoms with Crippen LogP contribution in [0.4, 0.5) is 11.6 Å². The molecule has 0 atom stereocenters. The van der Waals surface area contributed by atoms with Crippen molar-refractivity contribution in [1.82, 2.24) is 9.97 Å². The van der Waals surface area contributed by atoms with Crippen LogP contribution in [0.5, 0.6) is 11.5 Å². The van der Waals surface area contributed by atoms with Crippen LogP contribution in [0.1, 0.15) is 0 Å². The largest absolute Gasteiger partial charge is 0.493 e. The summed E-state index contributed by atoms with van der Waals surface area (Å²) in [6.45, 7) is 2.13. The number of fused-ring (bicyclic) bond motifs is 3. The first-order valence-electron chi connectivity index (χ1n) is 8.59. The van der Waals surface area contributed by atoms with E-state index in [0.29, 0.717) is 49.5 Å². The minimum atomic E-state index is 0.418. The lowest BCUT2D eigenvalue weighted by molar-refractivity contribution is 0.144. The Hall–Kier alpha value is -2.84. The van der Waals surface area contributed by atoms with Gasteiger partial charge in [0.25, 0.3) is 0 Å². The maximum absolute atomic E-state index is 6.14. The molecule has 0 amide bonds. The van der Waals surface area contributed by atoms with Crippen molar-refractivity contribution < 1.29 is 18.9 Å². The summed E-state index contributed by atoms with van der Waals surface area (Å²) in [5.74, 6) is 2.34. The first kappa shape index (κ1) is 18.9. The number of pyridine rings is 2. The Morgan fingerprint density at radius 2 is 1.74 bits per heavy atom. The van der Waals surface area contributed by atoms with E-state index in [1.807, 2.05) is 18.2 Å². The van der Waals surface area contributed by atoms with Crippen molar-refractivity contribution in [3.05, 3.63) is 24.4 Å². The van der Waals surface area contributed by atoms with E-state index in [1.54, 1.807) is 27.5 Å². The predicted octanol–water partition coefficient (Wildman–Crippen LogP) is 2.46. The van der Waals surface area contributed by atoms with Crippen LogP contribution in [0.25, 0.3) is 21.7 Å². The first-order chi connectivity index (χ1) is 13.2. The molecule has 0 fully saturated rings. The summed E-state index contributed by atoms with van der Waals surface area (Å²) in [6, 6.07) is 5.72. The Balaban J connectivity index is 2.07. The van der Waals surface area contributed by atoms with Crippen molar-refractivity contribution in [2.45, 2.75) is 0 Å². The highest BCUT2D eigenvalue weighted by Crippen LogP contribution is 2.36. The predicted molar refractivity (Wildman–Crippen MR) is 106 cm³/mol. The van der Waals surface area contributed by atoms with Crippen LogP contribution in [0.2, 0.25) is 0 Å². The van der Waals surface area contributed by atoms with Crippen LogP contribution in [0.15, 0.2) is 24.4 Å². The van der Waals surface area contributed by atoms with E-state index >= 15 is 0 Å². The number of nitrogens with one attached hydrogen (secondary N) is 1. The summed E-state index contributed by atoms with van der Waals surface area (Å²) in [5, 5.41) is 5.85. The molecule has 3 N–H and O–H groups in total. The molecular weight excluding hydrogens is 348 g/mol. The van der Waals surface area contributed by atoms with Crippen LogP contribution in [0, 0.1) is 0 Å². The fourth-order valence-corrected chi connectivity index (χ4v) is 2.82. The summed E-state index contributed by atoms with van der Waals surface area (Å²) >= 11 is 0. The Labute approximate surface area is 157 Å². The Morgan fingerprint density at radius 3 is 2.48 bits per heavy atom. The molecule has 0 unspecified atom stereocenters. The second kappa shape index (κ2) is 8.70. The molecule has 0 saturated carbocycles. The minimum Gasteiger partial charge on any atom is -0.493 e. The minimum absolute atomic E-state index is 0.418. The number of ether oxygens (including phenoxy) is 4. The number of nitrogens with two attached hydrogens (primary N) is 1. The Bertz CT molecular complexity index is 933. The zero-order valence-corrected chi connectivity index (χ0v) is 15.7. The summed E-state index contributed by atoms with van der Waals surface area (Å²) in [6.07, 6.45) is 1.73. The molecule has 0 aliphatic carbocycles. The van der Waals surface area contributed by atoms with Crippen LogP contribution in [-0.4, -0.2) is 57.7 Å². The fourth-order valence-electron chi connectivity index (χ4n) is 2.82. The van der Waals surface area contributed by atoms with Crippen LogP contribution in [0.3, 0.4) is 0 Å². The average Bonchev–Trinajstić information content (AvgIpc) is 2.67. The summed E-state index contributed by atoms with van der Waals surface area (Å²) in [7, 11) is 4.89. The highest BCUT2D eigenvalue weighted by Gasteiger charge is 2.13. The zero-order chi connectivity index (χ0) is 19.2. The van der Waals surface area contributed by atoms with Crippen LogP contribution in [-0.2, 0) is 9.47 Å². The molecule has 144 valence electrons. The number of aromatic nitrogens is 2. The van der Waals surface area contributed by atoms with Crippen molar-refractivity contribution >= 4 is 33.3 Å². The third kappa shape index (κ3) is 4.12. The molecule has 0 radical (unpaired) electrons. The van der Waals surface area contributed by atoms with E-state index in [4.69, 9.17) is 24.7 Å². The van der Waals surface area contributed by atoms with E-state index in [2.05, 4.69) is 15.3 Å². The van der Waals surface area contributed by atoms with Gasteiger partial charge in [-0.2, -0.15) is 0 Å².